The number of urea groups is 1. The van der Waals surface area contributed by atoms with Crippen LogP contribution < -0.4 is 16.0 Å². The molecule has 8 nitrogen and oxygen atoms in total. The van der Waals surface area contributed by atoms with E-state index in [1.165, 1.54) is 31.3 Å². The largest absolute Gasteiger partial charge is 0.416 e. The van der Waals surface area contributed by atoms with Gasteiger partial charge in [-0.1, -0.05) is 30.3 Å². The number of hydrogen-bond acceptors (Lipinski definition) is 4. The van der Waals surface area contributed by atoms with E-state index < -0.39 is 34.9 Å². The summed E-state index contributed by atoms with van der Waals surface area (Å²) < 4.78 is 38.7. The third-order valence-corrected chi connectivity index (χ3v) is 5.68. The maximum atomic E-state index is 13.1. The van der Waals surface area contributed by atoms with Crippen LogP contribution in [0.1, 0.15) is 28.5 Å². The summed E-state index contributed by atoms with van der Waals surface area (Å²) in [6, 6.07) is 11.9. The van der Waals surface area contributed by atoms with Crippen molar-refractivity contribution in [1.29, 1.82) is 0 Å². The van der Waals surface area contributed by atoms with Crippen LogP contribution in [-0.2, 0) is 11.7 Å². The van der Waals surface area contributed by atoms with E-state index in [1.54, 1.807) is 24.3 Å². The van der Waals surface area contributed by atoms with E-state index in [9.17, 15) is 27.9 Å². The first-order valence-corrected chi connectivity index (χ1v) is 9.91. The highest BCUT2D eigenvalue weighted by atomic mass is 19.4. The molecule has 33 heavy (non-hydrogen) atoms. The van der Waals surface area contributed by atoms with Gasteiger partial charge in [-0.2, -0.15) is 18.3 Å². The zero-order valence-electron chi connectivity index (χ0n) is 17.3. The van der Waals surface area contributed by atoms with Crippen molar-refractivity contribution in [3.63, 3.8) is 0 Å². The van der Waals surface area contributed by atoms with Gasteiger partial charge in [-0.15, -0.1) is 0 Å². The molecule has 0 aliphatic carbocycles. The lowest BCUT2D eigenvalue weighted by Crippen LogP contribution is -2.61. The number of halogens is 3. The number of H-pyrrole nitrogens is 1. The van der Waals surface area contributed by atoms with E-state index in [0.717, 1.165) is 12.1 Å². The number of nitrogens with one attached hydrogen (secondary N) is 4. The van der Waals surface area contributed by atoms with Gasteiger partial charge in [0, 0.05) is 11.8 Å². The van der Waals surface area contributed by atoms with Gasteiger partial charge >= 0.3 is 12.2 Å². The molecule has 0 saturated carbocycles. The van der Waals surface area contributed by atoms with Crippen molar-refractivity contribution in [2.75, 3.05) is 6.54 Å². The van der Waals surface area contributed by atoms with Gasteiger partial charge in [-0.25, -0.2) is 4.79 Å². The molecule has 2 atom stereocenters. The van der Waals surface area contributed by atoms with Gasteiger partial charge in [0.25, 0.3) is 5.91 Å². The highest BCUT2D eigenvalue weighted by Crippen LogP contribution is 2.34. The summed E-state index contributed by atoms with van der Waals surface area (Å²) in [5.74, 6) is -0.540. The van der Waals surface area contributed by atoms with E-state index in [-0.39, 0.29) is 12.1 Å². The molecule has 1 aromatic heterocycles. The highest BCUT2D eigenvalue weighted by molar-refractivity contribution is 6.01. The maximum Gasteiger partial charge on any atom is 0.416 e. The number of carbonyl (C=O) groups is 2. The fraction of sp³-hybridized carbons (Fsp3) is 0.227. The highest BCUT2D eigenvalue weighted by Gasteiger charge is 2.57. The number of aliphatic hydroxyl groups is 1. The molecule has 2 heterocycles. The molecule has 3 aromatic rings. The van der Waals surface area contributed by atoms with Crippen LogP contribution in [0.15, 0.2) is 60.8 Å². The summed E-state index contributed by atoms with van der Waals surface area (Å²) in [5.41, 5.74) is -2.56. The molecule has 5 N–H and O–H groups in total. The predicted molar refractivity (Wildman–Crippen MR) is 112 cm³/mol. The zero-order valence-corrected chi connectivity index (χ0v) is 17.3. The third-order valence-electron chi connectivity index (χ3n) is 5.68. The van der Waals surface area contributed by atoms with Gasteiger partial charge in [0.15, 0.2) is 5.72 Å². The molecule has 172 valence electrons. The van der Waals surface area contributed by atoms with E-state index in [0.29, 0.717) is 16.8 Å². The average Bonchev–Trinajstić information content (AvgIpc) is 3.37. The van der Waals surface area contributed by atoms with Gasteiger partial charge in [-0.05, 0) is 42.3 Å². The smallest absolute Gasteiger partial charge is 0.368 e. The number of amides is 3. The Bertz CT molecular complexity index is 1180. The lowest BCUT2D eigenvalue weighted by Gasteiger charge is -2.37. The SMILES string of the molecule is CC1(O)NC(=O)NC1(CNC(=O)c1ccccc1-c1ccc(C(F)(F)F)cc1)c1ccn[nH]1. The van der Waals surface area contributed by atoms with Crippen LogP contribution in [-0.4, -0.2) is 39.5 Å². The van der Waals surface area contributed by atoms with Crippen LogP contribution in [0.5, 0.6) is 0 Å². The Labute approximate surface area is 186 Å². The van der Waals surface area contributed by atoms with Gasteiger partial charge in [0.1, 0.15) is 5.54 Å². The normalized spacial score (nSPS) is 22.5. The van der Waals surface area contributed by atoms with Gasteiger partial charge in [-0.3, -0.25) is 9.89 Å². The molecule has 11 heteroatoms. The topological polar surface area (TPSA) is 119 Å². The van der Waals surface area contributed by atoms with Gasteiger partial charge in [0.05, 0.1) is 17.8 Å². The molecule has 0 radical (unpaired) electrons. The zero-order chi connectivity index (χ0) is 23.9. The number of hydrogen-bond donors (Lipinski definition) is 5. The Morgan fingerprint density at radius 1 is 1.09 bits per heavy atom. The number of alkyl halides is 3. The molecular weight excluding hydrogens is 439 g/mol. The van der Waals surface area contributed by atoms with Crippen molar-refractivity contribution < 1.29 is 27.9 Å². The Morgan fingerprint density at radius 3 is 2.36 bits per heavy atom. The molecule has 0 bridgehead atoms. The summed E-state index contributed by atoms with van der Waals surface area (Å²) in [6.45, 7) is 1.18. The summed E-state index contributed by atoms with van der Waals surface area (Å²) >= 11 is 0. The lowest BCUT2D eigenvalue weighted by molar-refractivity contribution is -0.137. The molecule has 0 spiro atoms. The molecule has 2 unspecified atom stereocenters. The summed E-state index contributed by atoms with van der Waals surface area (Å²) in [6.07, 6.45) is -3.02. The number of carbonyl (C=O) groups excluding carboxylic acids is 2. The van der Waals surface area contributed by atoms with Crippen LogP contribution in [0, 0.1) is 0 Å². The Kier molecular flexibility index (Phi) is 5.36. The fourth-order valence-corrected chi connectivity index (χ4v) is 3.89. The molecule has 1 aliphatic rings. The van der Waals surface area contributed by atoms with Crippen LogP contribution in [0.2, 0.25) is 0 Å². The molecule has 1 saturated heterocycles. The van der Waals surface area contributed by atoms with Crippen molar-refractivity contribution >= 4 is 11.9 Å². The van der Waals surface area contributed by atoms with Crippen LogP contribution in [0.4, 0.5) is 18.0 Å². The molecular formula is C22H20F3N5O3. The molecule has 1 fully saturated rings. The van der Waals surface area contributed by atoms with Crippen molar-refractivity contribution in [1.82, 2.24) is 26.1 Å². The van der Waals surface area contributed by atoms with Crippen molar-refractivity contribution in [2.45, 2.75) is 24.4 Å². The van der Waals surface area contributed by atoms with Gasteiger partial charge < -0.3 is 21.1 Å². The summed E-state index contributed by atoms with van der Waals surface area (Å²) in [7, 11) is 0. The summed E-state index contributed by atoms with van der Waals surface area (Å²) in [5, 5.41) is 25.2. The lowest BCUT2D eigenvalue weighted by atomic mass is 9.85. The second-order valence-electron chi connectivity index (χ2n) is 7.83. The first-order valence-electron chi connectivity index (χ1n) is 9.91. The number of benzene rings is 2. The quantitative estimate of drug-likeness (QED) is 0.403. The van der Waals surface area contributed by atoms with Crippen LogP contribution in [0.3, 0.4) is 0 Å². The first kappa shape index (κ1) is 22.3. The monoisotopic (exact) mass is 459 g/mol. The minimum absolute atomic E-state index is 0.207. The van der Waals surface area contributed by atoms with Gasteiger partial charge in [0.2, 0.25) is 0 Å². The van der Waals surface area contributed by atoms with E-state index in [1.807, 2.05) is 0 Å². The molecule has 4 rings (SSSR count). The van der Waals surface area contributed by atoms with Crippen molar-refractivity contribution in [3.8, 4) is 11.1 Å². The number of nitrogens with zero attached hydrogens (tertiary/aromatic N) is 1. The average molecular weight is 459 g/mol. The molecule has 2 aromatic carbocycles. The number of rotatable bonds is 5. The summed E-state index contributed by atoms with van der Waals surface area (Å²) in [4.78, 5) is 25.1. The second-order valence-corrected chi connectivity index (χ2v) is 7.83. The Morgan fingerprint density at radius 2 is 1.79 bits per heavy atom. The first-order chi connectivity index (χ1) is 15.5. The minimum atomic E-state index is -4.47. The minimum Gasteiger partial charge on any atom is -0.368 e. The van der Waals surface area contributed by atoms with E-state index in [2.05, 4.69) is 26.1 Å². The van der Waals surface area contributed by atoms with E-state index in [4.69, 9.17) is 0 Å². The number of aromatic nitrogens is 2. The molecule has 1 aliphatic heterocycles. The Hall–Kier alpha value is -3.86. The van der Waals surface area contributed by atoms with Crippen molar-refractivity contribution in [2.24, 2.45) is 0 Å². The fourth-order valence-electron chi connectivity index (χ4n) is 3.89. The standard InChI is InChI=1S/C22H20F3N5O3/c1-20(33)21(29-19(32)28-20,17-10-11-27-30-17)12-26-18(31)16-5-3-2-4-15(16)13-6-8-14(9-7-13)22(23,24)25/h2-11,33H,12H2,1H3,(H,26,31)(H,27,30)(H2,28,29,32). The third kappa shape index (κ3) is 4.02. The number of aromatic amines is 1. The van der Waals surface area contributed by atoms with Crippen LogP contribution >= 0.6 is 0 Å². The van der Waals surface area contributed by atoms with Crippen molar-refractivity contribution in [3.05, 3.63) is 77.6 Å². The van der Waals surface area contributed by atoms with Crippen LogP contribution in [0.25, 0.3) is 11.1 Å². The van der Waals surface area contributed by atoms with E-state index >= 15 is 0 Å². The predicted octanol–water partition coefficient (Wildman–Crippen LogP) is 2.74. The maximum absolute atomic E-state index is 13.1. The molecule has 3 amide bonds. The second kappa shape index (κ2) is 7.93. The Balaban J connectivity index is 1.62.